The molecule has 2 atom stereocenters. The lowest BCUT2D eigenvalue weighted by Gasteiger charge is -2.27. The Morgan fingerprint density at radius 3 is 2.56 bits per heavy atom. The van der Waals surface area contributed by atoms with Crippen molar-refractivity contribution in [2.75, 3.05) is 0 Å². The monoisotopic (exact) mass is 407 g/mol. The van der Waals surface area contributed by atoms with Gasteiger partial charge in [-0.25, -0.2) is 0 Å². The van der Waals surface area contributed by atoms with E-state index in [4.69, 9.17) is 27.9 Å². The SMILES string of the molecule is CC1=NN(Cc2c(Cl)cccc2Cl)C2C=C(CC(=O)OC(C)(C)C)C=NC12. The minimum Gasteiger partial charge on any atom is -0.460 e. The van der Waals surface area contributed by atoms with E-state index < -0.39 is 5.60 Å². The van der Waals surface area contributed by atoms with Crippen LogP contribution >= 0.6 is 23.2 Å². The second-order valence-corrected chi connectivity index (χ2v) is 8.57. The normalized spacial score (nSPS) is 21.6. The number of dihydropyridines is 1. The summed E-state index contributed by atoms with van der Waals surface area (Å²) in [5.74, 6) is -0.269. The van der Waals surface area contributed by atoms with Crippen molar-refractivity contribution in [1.29, 1.82) is 0 Å². The molecule has 3 rings (SSSR count). The van der Waals surface area contributed by atoms with E-state index in [0.29, 0.717) is 16.6 Å². The Morgan fingerprint density at radius 1 is 1.26 bits per heavy atom. The number of hydrogen-bond acceptors (Lipinski definition) is 5. The van der Waals surface area contributed by atoms with Gasteiger partial charge >= 0.3 is 5.97 Å². The van der Waals surface area contributed by atoms with Gasteiger partial charge in [-0.1, -0.05) is 35.3 Å². The van der Waals surface area contributed by atoms with Crippen molar-refractivity contribution in [2.45, 2.75) is 58.3 Å². The van der Waals surface area contributed by atoms with Crippen LogP contribution in [0.5, 0.6) is 0 Å². The molecule has 5 nitrogen and oxygen atoms in total. The minimum atomic E-state index is -0.508. The van der Waals surface area contributed by atoms with Gasteiger partial charge in [0.25, 0.3) is 0 Å². The van der Waals surface area contributed by atoms with Crippen molar-refractivity contribution < 1.29 is 9.53 Å². The zero-order valence-corrected chi connectivity index (χ0v) is 17.4. The van der Waals surface area contributed by atoms with E-state index in [1.807, 2.05) is 57.0 Å². The number of rotatable bonds is 4. The van der Waals surface area contributed by atoms with Gasteiger partial charge in [0.2, 0.25) is 0 Å². The Kier molecular flexibility index (Phi) is 5.63. The van der Waals surface area contributed by atoms with Crippen LogP contribution in [-0.4, -0.2) is 40.6 Å². The maximum absolute atomic E-state index is 12.1. The summed E-state index contributed by atoms with van der Waals surface area (Å²) >= 11 is 12.6. The van der Waals surface area contributed by atoms with Crippen molar-refractivity contribution in [3.63, 3.8) is 0 Å². The number of halogens is 2. The first-order chi connectivity index (χ1) is 12.6. The summed E-state index contributed by atoms with van der Waals surface area (Å²) < 4.78 is 5.41. The van der Waals surface area contributed by atoms with E-state index in [1.54, 1.807) is 6.21 Å². The maximum Gasteiger partial charge on any atom is 0.310 e. The Hall–Kier alpha value is -1.85. The molecule has 0 spiro atoms. The largest absolute Gasteiger partial charge is 0.460 e. The van der Waals surface area contributed by atoms with Crippen LogP contribution in [0.1, 0.15) is 39.7 Å². The number of esters is 1. The number of carbonyl (C=O) groups excluding carboxylic acids is 1. The third kappa shape index (κ3) is 4.71. The fourth-order valence-corrected chi connectivity index (χ4v) is 3.70. The maximum atomic E-state index is 12.1. The molecular formula is C20H23Cl2N3O2. The molecule has 2 heterocycles. The van der Waals surface area contributed by atoms with Crippen LogP contribution in [0.25, 0.3) is 0 Å². The van der Waals surface area contributed by atoms with Gasteiger partial charge in [-0.3, -0.25) is 14.8 Å². The lowest BCUT2D eigenvalue weighted by atomic mass is 9.98. The summed E-state index contributed by atoms with van der Waals surface area (Å²) in [6, 6.07) is 5.32. The van der Waals surface area contributed by atoms with Crippen LogP contribution in [0.2, 0.25) is 10.0 Å². The fourth-order valence-electron chi connectivity index (χ4n) is 3.19. The molecule has 1 aromatic rings. The standard InChI is InChI=1S/C20H23Cl2N3O2/c1-12-19-17(8-13(10-23-19)9-18(26)27-20(2,3)4)25(24-12)11-14-15(21)6-5-7-16(14)22/h5-8,10,17,19H,9,11H2,1-4H3. The van der Waals surface area contributed by atoms with Crippen molar-refractivity contribution in [1.82, 2.24) is 5.01 Å². The number of nitrogens with zero attached hydrogens (tertiary/aromatic N) is 3. The van der Waals surface area contributed by atoms with Crippen LogP contribution in [0.4, 0.5) is 0 Å². The minimum absolute atomic E-state index is 0.0614. The molecular weight excluding hydrogens is 385 g/mol. The third-order valence-corrected chi connectivity index (χ3v) is 5.03. The average Bonchev–Trinajstić information content (AvgIpc) is 2.85. The van der Waals surface area contributed by atoms with E-state index >= 15 is 0 Å². The van der Waals surface area contributed by atoms with Gasteiger partial charge in [0.15, 0.2) is 0 Å². The summed E-state index contributed by atoms with van der Waals surface area (Å²) in [5.41, 5.74) is 2.07. The molecule has 0 saturated heterocycles. The first-order valence-electron chi connectivity index (χ1n) is 8.84. The van der Waals surface area contributed by atoms with Crippen LogP contribution in [0.15, 0.2) is 39.9 Å². The van der Waals surface area contributed by atoms with Gasteiger partial charge in [-0.15, -0.1) is 0 Å². The lowest BCUT2D eigenvalue weighted by Crippen LogP contribution is -2.36. The third-order valence-electron chi connectivity index (χ3n) is 4.32. The Labute approximate surface area is 169 Å². The van der Waals surface area contributed by atoms with Crippen molar-refractivity contribution in [2.24, 2.45) is 10.1 Å². The molecule has 2 aliphatic heterocycles. The van der Waals surface area contributed by atoms with Gasteiger partial charge in [0.05, 0.1) is 24.7 Å². The predicted octanol–water partition coefficient (Wildman–Crippen LogP) is 4.66. The number of carbonyl (C=O) groups is 1. The van der Waals surface area contributed by atoms with Gasteiger partial charge in [-0.05, 0) is 45.4 Å². The second kappa shape index (κ2) is 7.64. The molecule has 1 aromatic carbocycles. The Bertz CT molecular complexity index is 820. The van der Waals surface area contributed by atoms with Gasteiger partial charge < -0.3 is 4.74 Å². The summed E-state index contributed by atoms with van der Waals surface area (Å²) in [5, 5.41) is 7.79. The van der Waals surface area contributed by atoms with Crippen molar-refractivity contribution in [3.05, 3.63) is 45.5 Å². The van der Waals surface area contributed by atoms with Crippen LogP contribution in [-0.2, 0) is 16.1 Å². The van der Waals surface area contributed by atoms with Crippen LogP contribution in [0.3, 0.4) is 0 Å². The summed E-state index contributed by atoms with van der Waals surface area (Å²) in [4.78, 5) is 16.7. The summed E-state index contributed by atoms with van der Waals surface area (Å²) in [7, 11) is 0. The summed E-state index contributed by atoms with van der Waals surface area (Å²) in [6.45, 7) is 7.99. The van der Waals surface area contributed by atoms with Crippen molar-refractivity contribution >= 4 is 41.1 Å². The van der Waals surface area contributed by atoms with Gasteiger partial charge in [0.1, 0.15) is 11.6 Å². The number of hydrazone groups is 1. The van der Waals surface area contributed by atoms with Gasteiger partial charge in [-0.2, -0.15) is 5.10 Å². The number of hydrogen-bond donors (Lipinski definition) is 0. The Balaban J connectivity index is 1.77. The predicted molar refractivity (Wildman–Crippen MR) is 110 cm³/mol. The first-order valence-corrected chi connectivity index (χ1v) is 9.60. The van der Waals surface area contributed by atoms with E-state index in [1.165, 1.54) is 0 Å². The molecule has 0 saturated carbocycles. The first kappa shape index (κ1) is 19.9. The molecule has 0 aliphatic carbocycles. The molecule has 2 unspecified atom stereocenters. The lowest BCUT2D eigenvalue weighted by molar-refractivity contribution is -0.153. The van der Waals surface area contributed by atoms with E-state index in [2.05, 4.69) is 10.1 Å². The molecule has 0 amide bonds. The van der Waals surface area contributed by atoms with Crippen LogP contribution in [0, 0.1) is 0 Å². The highest BCUT2D eigenvalue weighted by Crippen LogP contribution is 2.31. The van der Waals surface area contributed by atoms with Gasteiger partial charge in [0, 0.05) is 21.8 Å². The molecule has 2 aliphatic rings. The molecule has 0 N–H and O–H groups in total. The average molecular weight is 408 g/mol. The number of fused-ring (bicyclic) bond motifs is 1. The zero-order chi connectivity index (χ0) is 19.8. The fraction of sp³-hybridized carbons (Fsp3) is 0.450. The highest BCUT2D eigenvalue weighted by atomic mass is 35.5. The summed E-state index contributed by atoms with van der Waals surface area (Å²) in [6.07, 6.45) is 3.96. The second-order valence-electron chi connectivity index (χ2n) is 7.76. The highest BCUT2D eigenvalue weighted by Gasteiger charge is 2.36. The Morgan fingerprint density at radius 2 is 1.93 bits per heavy atom. The molecule has 0 radical (unpaired) electrons. The highest BCUT2D eigenvalue weighted by molar-refractivity contribution is 6.36. The van der Waals surface area contributed by atoms with E-state index in [0.717, 1.165) is 16.8 Å². The van der Waals surface area contributed by atoms with Crippen LogP contribution < -0.4 is 0 Å². The van der Waals surface area contributed by atoms with E-state index in [-0.39, 0.29) is 24.5 Å². The van der Waals surface area contributed by atoms with E-state index in [9.17, 15) is 4.79 Å². The molecule has 0 aromatic heterocycles. The molecule has 0 fully saturated rings. The molecule has 0 bridgehead atoms. The topological polar surface area (TPSA) is 54.3 Å². The number of aliphatic imine (C=N–C) groups is 1. The smallest absolute Gasteiger partial charge is 0.310 e. The zero-order valence-electron chi connectivity index (χ0n) is 15.9. The molecule has 144 valence electrons. The molecule has 27 heavy (non-hydrogen) atoms. The number of benzene rings is 1. The van der Waals surface area contributed by atoms with Crippen molar-refractivity contribution in [3.8, 4) is 0 Å². The molecule has 7 heteroatoms. The number of ether oxygens (including phenoxy) is 1. The quantitative estimate of drug-likeness (QED) is 0.681.